The molecule has 3 rings (SSSR count). The summed E-state index contributed by atoms with van der Waals surface area (Å²) in [5, 5.41) is 2.76. The van der Waals surface area contributed by atoms with Gasteiger partial charge in [-0.05, 0) is 61.4 Å². The second-order valence-corrected chi connectivity index (χ2v) is 9.74. The summed E-state index contributed by atoms with van der Waals surface area (Å²) in [5.74, 6) is -1.48. The summed E-state index contributed by atoms with van der Waals surface area (Å²) >= 11 is 0. The van der Waals surface area contributed by atoms with E-state index in [-0.39, 0.29) is 29.7 Å². The summed E-state index contributed by atoms with van der Waals surface area (Å²) in [4.78, 5) is 26.7. The number of carbonyl (C=O) groups excluding carboxylic acids is 2. The fourth-order valence-electron chi connectivity index (χ4n) is 3.71. The molecule has 32 heavy (non-hydrogen) atoms. The van der Waals surface area contributed by atoms with Gasteiger partial charge in [-0.25, -0.2) is 12.8 Å². The maximum atomic E-state index is 13.1. The Hall–Kier alpha value is -2.78. The molecule has 1 atom stereocenters. The average molecular weight is 462 g/mol. The van der Waals surface area contributed by atoms with Gasteiger partial charge in [0.05, 0.1) is 10.8 Å². The van der Waals surface area contributed by atoms with Crippen LogP contribution in [0.4, 0.5) is 15.8 Å². The van der Waals surface area contributed by atoms with Crippen molar-refractivity contribution < 1.29 is 22.4 Å². The summed E-state index contributed by atoms with van der Waals surface area (Å²) < 4.78 is 40.3. The summed E-state index contributed by atoms with van der Waals surface area (Å²) in [5.41, 5.74) is 1.00. The van der Waals surface area contributed by atoms with Gasteiger partial charge in [0.1, 0.15) is 5.82 Å². The van der Waals surface area contributed by atoms with E-state index in [0.717, 1.165) is 12.8 Å². The van der Waals surface area contributed by atoms with Crippen molar-refractivity contribution in [2.75, 3.05) is 29.9 Å². The molecule has 0 spiro atoms. The summed E-state index contributed by atoms with van der Waals surface area (Å²) in [6.07, 6.45) is 1.50. The van der Waals surface area contributed by atoms with E-state index < -0.39 is 21.8 Å². The predicted molar refractivity (Wildman–Crippen MR) is 121 cm³/mol. The number of nitrogens with one attached hydrogen (secondary N) is 1. The van der Waals surface area contributed by atoms with Crippen LogP contribution in [-0.4, -0.2) is 44.2 Å². The van der Waals surface area contributed by atoms with Crippen LogP contribution in [0.3, 0.4) is 0 Å². The highest BCUT2D eigenvalue weighted by molar-refractivity contribution is 7.89. The third-order valence-corrected chi connectivity index (χ3v) is 7.25. The Labute approximate surface area is 188 Å². The van der Waals surface area contributed by atoms with Crippen molar-refractivity contribution in [2.45, 2.75) is 38.0 Å². The summed E-state index contributed by atoms with van der Waals surface area (Å²) in [6.45, 7) is 4.97. The first kappa shape index (κ1) is 23.9. The Morgan fingerprint density at radius 1 is 1.06 bits per heavy atom. The predicted octanol–water partition coefficient (Wildman–Crippen LogP) is 3.63. The minimum atomic E-state index is -3.59. The van der Waals surface area contributed by atoms with Crippen LogP contribution in [0.5, 0.6) is 0 Å². The van der Waals surface area contributed by atoms with Gasteiger partial charge in [0, 0.05) is 37.4 Å². The third-order valence-electron chi connectivity index (χ3n) is 5.34. The normalized spacial score (nSPS) is 16.6. The molecule has 1 fully saturated rings. The first-order chi connectivity index (χ1) is 15.3. The smallest absolute Gasteiger partial charge is 0.243 e. The van der Waals surface area contributed by atoms with Gasteiger partial charge < -0.3 is 10.2 Å². The Morgan fingerprint density at radius 2 is 1.66 bits per heavy atom. The molecular formula is C23H28FN3O4S. The minimum absolute atomic E-state index is 0.0542. The van der Waals surface area contributed by atoms with Crippen molar-refractivity contribution in [1.82, 2.24) is 4.31 Å². The van der Waals surface area contributed by atoms with E-state index in [2.05, 4.69) is 5.32 Å². The summed E-state index contributed by atoms with van der Waals surface area (Å²) in [7, 11) is -3.59. The fraction of sp³-hybridized carbons (Fsp3) is 0.391. The lowest BCUT2D eigenvalue weighted by Crippen LogP contribution is -2.32. The molecule has 0 aliphatic carbocycles. The lowest BCUT2D eigenvalue weighted by atomic mass is 10.1. The largest absolute Gasteiger partial charge is 0.326 e. The maximum absolute atomic E-state index is 13.1. The molecule has 1 aliphatic heterocycles. The number of benzene rings is 2. The quantitative estimate of drug-likeness (QED) is 0.618. The second kappa shape index (κ2) is 10.2. The van der Waals surface area contributed by atoms with Crippen LogP contribution < -0.4 is 10.2 Å². The fourth-order valence-corrected chi connectivity index (χ4v) is 5.33. The van der Waals surface area contributed by atoms with E-state index in [1.165, 1.54) is 45.6 Å². The zero-order valence-electron chi connectivity index (χ0n) is 18.3. The van der Waals surface area contributed by atoms with E-state index in [4.69, 9.17) is 0 Å². The van der Waals surface area contributed by atoms with Gasteiger partial charge in [0.25, 0.3) is 0 Å². The standard InChI is InChI=1S/C23H28FN3O4S/c1-3-13-26(14-4-2)32(30,31)21-11-7-19(8-12-21)25-23(29)17-15-22(28)27(16-17)20-9-5-18(24)6-10-20/h5-12,17H,3-4,13-16H2,1-2H3,(H,25,29). The molecule has 2 amide bonds. The number of hydrogen-bond acceptors (Lipinski definition) is 4. The Bertz CT molecular complexity index is 1050. The highest BCUT2D eigenvalue weighted by Gasteiger charge is 2.35. The van der Waals surface area contributed by atoms with Gasteiger partial charge in [-0.2, -0.15) is 4.31 Å². The molecule has 0 saturated carbocycles. The van der Waals surface area contributed by atoms with Gasteiger partial charge in [0.15, 0.2) is 0 Å². The van der Waals surface area contributed by atoms with Crippen LogP contribution in [0, 0.1) is 11.7 Å². The van der Waals surface area contributed by atoms with Gasteiger partial charge in [-0.1, -0.05) is 13.8 Å². The minimum Gasteiger partial charge on any atom is -0.326 e. The number of rotatable bonds is 9. The number of nitrogens with zero attached hydrogens (tertiary/aromatic N) is 2. The van der Waals surface area contributed by atoms with Gasteiger partial charge in [-0.3, -0.25) is 9.59 Å². The molecule has 9 heteroatoms. The molecule has 2 aromatic rings. The second-order valence-electron chi connectivity index (χ2n) is 7.80. The number of hydrogen-bond donors (Lipinski definition) is 1. The maximum Gasteiger partial charge on any atom is 0.243 e. The molecule has 1 unspecified atom stereocenters. The van der Waals surface area contributed by atoms with Crippen molar-refractivity contribution in [3.05, 3.63) is 54.3 Å². The zero-order chi connectivity index (χ0) is 23.3. The number of sulfonamides is 1. The van der Waals surface area contributed by atoms with E-state index in [0.29, 0.717) is 24.5 Å². The Balaban J connectivity index is 1.66. The molecule has 1 N–H and O–H groups in total. The van der Waals surface area contributed by atoms with Crippen molar-refractivity contribution in [3.63, 3.8) is 0 Å². The number of halogens is 1. The summed E-state index contributed by atoms with van der Waals surface area (Å²) in [6, 6.07) is 11.6. The van der Waals surface area contributed by atoms with E-state index >= 15 is 0 Å². The van der Waals surface area contributed by atoms with Crippen LogP contribution in [0.15, 0.2) is 53.4 Å². The number of anilines is 2. The first-order valence-electron chi connectivity index (χ1n) is 10.7. The van der Waals surface area contributed by atoms with Crippen molar-refractivity contribution in [1.29, 1.82) is 0 Å². The van der Waals surface area contributed by atoms with E-state index in [1.54, 1.807) is 12.1 Å². The molecule has 2 aromatic carbocycles. The van der Waals surface area contributed by atoms with Crippen LogP contribution in [-0.2, 0) is 19.6 Å². The monoisotopic (exact) mass is 461 g/mol. The molecular weight excluding hydrogens is 433 g/mol. The Morgan fingerprint density at radius 3 is 2.22 bits per heavy atom. The molecule has 0 aromatic heterocycles. The number of amides is 2. The highest BCUT2D eigenvalue weighted by Crippen LogP contribution is 2.26. The van der Waals surface area contributed by atoms with Crippen molar-refractivity contribution >= 4 is 33.2 Å². The van der Waals surface area contributed by atoms with E-state index in [1.807, 2.05) is 13.8 Å². The van der Waals surface area contributed by atoms with Crippen molar-refractivity contribution in [2.24, 2.45) is 5.92 Å². The molecule has 0 bridgehead atoms. The van der Waals surface area contributed by atoms with Crippen LogP contribution in [0.1, 0.15) is 33.1 Å². The zero-order valence-corrected chi connectivity index (χ0v) is 19.1. The molecule has 7 nitrogen and oxygen atoms in total. The topological polar surface area (TPSA) is 86.8 Å². The molecule has 1 heterocycles. The van der Waals surface area contributed by atoms with Crippen LogP contribution >= 0.6 is 0 Å². The SMILES string of the molecule is CCCN(CCC)S(=O)(=O)c1ccc(NC(=O)C2CC(=O)N(c3ccc(F)cc3)C2)cc1. The van der Waals surface area contributed by atoms with Crippen LogP contribution in [0.25, 0.3) is 0 Å². The van der Waals surface area contributed by atoms with Crippen molar-refractivity contribution in [3.8, 4) is 0 Å². The molecule has 172 valence electrons. The molecule has 1 aliphatic rings. The van der Waals surface area contributed by atoms with Gasteiger partial charge in [-0.15, -0.1) is 0 Å². The van der Waals surface area contributed by atoms with Gasteiger partial charge in [0.2, 0.25) is 21.8 Å². The average Bonchev–Trinajstić information content (AvgIpc) is 3.16. The Kier molecular flexibility index (Phi) is 7.63. The first-order valence-corrected chi connectivity index (χ1v) is 12.2. The van der Waals surface area contributed by atoms with E-state index in [9.17, 15) is 22.4 Å². The number of carbonyl (C=O) groups is 2. The van der Waals surface area contributed by atoms with Gasteiger partial charge >= 0.3 is 0 Å². The third kappa shape index (κ3) is 5.34. The highest BCUT2D eigenvalue weighted by atomic mass is 32.2. The lowest BCUT2D eigenvalue weighted by Gasteiger charge is -2.21. The van der Waals surface area contributed by atoms with Crippen LogP contribution in [0.2, 0.25) is 0 Å². The lowest BCUT2D eigenvalue weighted by molar-refractivity contribution is -0.122. The molecule has 1 saturated heterocycles. The molecule has 0 radical (unpaired) electrons.